The maximum atomic E-state index is 11.6. The number of hydrogen-bond donors (Lipinski definition) is 1. The van der Waals surface area contributed by atoms with E-state index >= 15 is 0 Å². The lowest BCUT2D eigenvalue weighted by Gasteiger charge is -2.24. The number of fused-ring (bicyclic) bond motifs is 2. The maximum absolute atomic E-state index is 11.6. The van der Waals surface area contributed by atoms with Crippen molar-refractivity contribution in [3.63, 3.8) is 0 Å². The predicted molar refractivity (Wildman–Crippen MR) is 93.0 cm³/mol. The second kappa shape index (κ2) is 5.74. The van der Waals surface area contributed by atoms with Crippen molar-refractivity contribution in [1.82, 2.24) is 0 Å². The van der Waals surface area contributed by atoms with E-state index in [1.807, 2.05) is 54.6 Å². The molecule has 4 rings (SSSR count). The van der Waals surface area contributed by atoms with Crippen LogP contribution in [0.25, 0.3) is 11.1 Å². The van der Waals surface area contributed by atoms with Crippen molar-refractivity contribution >= 4 is 17.3 Å². The summed E-state index contributed by atoms with van der Waals surface area (Å²) in [6, 6.07) is 21.1. The number of rotatable bonds is 2. The van der Waals surface area contributed by atoms with Crippen LogP contribution in [0.5, 0.6) is 11.5 Å². The summed E-state index contributed by atoms with van der Waals surface area (Å²) in [7, 11) is 1.38. The van der Waals surface area contributed by atoms with E-state index in [9.17, 15) is 4.79 Å². The number of benzene rings is 3. The second-order valence-corrected chi connectivity index (χ2v) is 5.47. The van der Waals surface area contributed by atoms with E-state index < -0.39 is 0 Å². The lowest BCUT2D eigenvalue weighted by molar-refractivity contribution is 0.0601. The summed E-state index contributed by atoms with van der Waals surface area (Å²) in [5.74, 6) is 1.25. The number of carbonyl (C=O) groups excluding carboxylic acids is 1. The first kappa shape index (κ1) is 14.3. The quantitative estimate of drug-likeness (QED) is 0.529. The van der Waals surface area contributed by atoms with Gasteiger partial charge in [-0.2, -0.15) is 0 Å². The molecule has 0 aromatic heterocycles. The number of hydrogen-bond acceptors (Lipinski definition) is 4. The Morgan fingerprint density at radius 3 is 2.46 bits per heavy atom. The molecule has 0 radical (unpaired) electrons. The van der Waals surface area contributed by atoms with Crippen LogP contribution in [0.3, 0.4) is 0 Å². The van der Waals surface area contributed by atoms with Crippen LogP contribution >= 0.6 is 0 Å². The average molecular weight is 317 g/mol. The molecule has 0 unspecified atom stereocenters. The minimum Gasteiger partial charge on any atom is -0.465 e. The zero-order valence-electron chi connectivity index (χ0n) is 13.1. The molecule has 3 aromatic carbocycles. The van der Waals surface area contributed by atoms with Gasteiger partial charge in [-0.3, -0.25) is 0 Å². The lowest BCUT2D eigenvalue weighted by atomic mass is 10.0. The summed E-state index contributed by atoms with van der Waals surface area (Å²) >= 11 is 0. The summed E-state index contributed by atoms with van der Waals surface area (Å²) in [5, 5.41) is 3.44. The second-order valence-electron chi connectivity index (χ2n) is 5.47. The van der Waals surface area contributed by atoms with Crippen molar-refractivity contribution < 1.29 is 14.3 Å². The Morgan fingerprint density at radius 1 is 0.917 bits per heavy atom. The van der Waals surface area contributed by atoms with Gasteiger partial charge in [-0.1, -0.05) is 36.4 Å². The zero-order chi connectivity index (χ0) is 16.5. The minimum absolute atomic E-state index is 0.341. The van der Waals surface area contributed by atoms with Crippen LogP contribution in [-0.4, -0.2) is 13.1 Å². The monoisotopic (exact) mass is 317 g/mol. The molecule has 24 heavy (non-hydrogen) atoms. The Bertz CT molecular complexity index is 916. The van der Waals surface area contributed by atoms with Crippen molar-refractivity contribution in [2.75, 3.05) is 12.4 Å². The number of nitrogens with one attached hydrogen (secondary N) is 1. The highest BCUT2D eigenvalue weighted by Gasteiger charge is 2.19. The van der Waals surface area contributed by atoms with E-state index in [2.05, 4.69) is 5.32 Å². The maximum Gasteiger partial charge on any atom is 0.337 e. The van der Waals surface area contributed by atoms with Gasteiger partial charge in [0.2, 0.25) is 0 Å². The highest BCUT2D eigenvalue weighted by atomic mass is 16.5. The molecule has 0 fully saturated rings. The van der Waals surface area contributed by atoms with E-state index in [1.54, 1.807) is 12.1 Å². The number of esters is 1. The topological polar surface area (TPSA) is 47.6 Å². The predicted octanol–water partition coefficient (Wildman–Crippen LogP) is 4.99. The molecule has 0 amide bonds. The Balaban J connectivity index is 1.75. The van der Waals surface area contributed by atoms with Crippen LogP contribution in [-0.2, 0) is 4.74 Å². The average Bonchev–Trinajstić information content (AvgIpc) is 2.65. The summed E-state index contributed by atoms with van der Waals surface area (Å²) < 4.78 is 10.7. The van der Waals surface area contributed by atoms with Crippen LogP contribution in [0, 0.1) is 0 Å². The molecule has 1 heterocycles. The molecule has 0 aliphatic carbocycles. The summed E-state index contributed by atoms with van der Waals surface area (Å²) in [6.45, 7) is 0. The molecular formula is C20H15NO3. The van der Waals surface area contributed by atoms with Gasteiger partial charge in [0.25, 0.3) is 0 Å². The summed E-state index contributed by atoms with van der Waals surface area (Å²) in [6.07, 6.45) is 0. The Morgan fingerprint density at radius 2 is 1.67 bits per heavy atom. The van der Waals surface area contributed by atoms with Crippen molar-refractivity contribution in [2.24, 2.45) is 0 Å². The molecule has 0 spiro atoms. The van der Waals surface area contributed by atoms with Gasteiger partial charge >= 0.3 is 5.97 Å². The SMILES string of the molecule is COC(=O)c1ccc(-c2cccc3c2Nc2ccccc2O3)cc1. The first-order valence-corrected chi connectivity index (χ1v) is 7.62. The number of ether oxygens (including phenoxy) is 2. The third kappa shape index (κ3) is 2.38. The van der Waals surface area contributed by atoms with Gasteiger partial charge in [0.1, 0.15) is 0 Å². The third-order valence-electron chi connectivity index (χ3n) is 4.01. The molecule has 1 N–H and O–H groups in total. The highest BCUT2D eigenvalue weighted by Crippen LogP contribution is 2.46. The molecule has 1 aliphatic heterocycles. The minimum atomic E-state index is -0.341. The first-order chi connectivity index (χ1) is 11.8. The first-order valence-electron chi connectivity index (χ1n) is 7.62. The van der Waals surface area contributed by atoms with Crippen molar-refractivity contribution in [3.8, 4) is 22.6 Å². The van der Waals surface area contributed by atoms with Gasteiger partial charge in [-0.05, 0) is 35.9 Å². The van der Waals surface area contributed by atoms with Gasteiger partial charge in [0.05, 0.1) is 24.0 Å². The molecule has 0 bridgehead atoms. The Labute approximate surface area is 139 Å². The summed E-state index contributed by atoms with van der Waals surface area (Å²) in [5.41, 5.74) is 4.39. The molecular weight excluding hydrogens is 302 g/mol. The largest absolute Gasteiger partial charge is 0.465 e. The van der Waals surface area contributed by atoms with E-state index in [-0.39, 0.29) is 5.97 Å². The molecule has 4 heteroatoms. The standard InChI is InChI=1S/C20H15NO3/c1-23-20(22)14-11-9-13(10-12-14)15-5-4-8-18-19(15)21-16-6-2-3-7-17(16)24-18/h2-12,21H,1H3. The summed E-state index contributed by atoms with van der Waals surface area (Å²) in [4.78, 5) is 11.6. The third-order valence-corrected chi connectivity index (χ3v) is 4.01. The van der Waals surface area contributed by atoms with Gasteiger partial charge < -0.3 is 14.8 Å². The molecule has 3 aromatic rings. The molecule has 1 aliphatic rings. The molecule has 118 valence electrons. The number of methoxy groups -OCH3 is 1. The van der Waals surface area contributed by atoms with Crippen LogP contribution in [0.2, 0.25) is 0 Å². The fourth-order valence-corrected chi connectivity index (χ4v) is 2.80. The van der Waals surface area contributed by atoms with Crippen LogP contribution < -0.4 is 10.1 Å². The fourth-order valence-electron chi connectivity index (χ4n) is 2.80. The highest BCUT2D eigenvalue weighted by molar-refractivity contribution is 5.92. The normalized spacial score (nSPS) is 11.5. The van der Waals surface area contributed by atoms with E-state index in [4.69, 9.17) is 9.47 Å². The van der Waals surface area contributed by atoms with Gasteiger partial charge in [-0.15, -0.1) is 0 Å². The van der Waals surface area contributed by atoms with E-state index in [0.29, 0.717) is 5.56 Å². The molecule has 0 saturated carbocycles. The Hall–Kier alpha value is -3.27. The van der Waals surface area contributed by atoms with E-state index in [0.717, 1.165) is 34.0 Å². The zero-order valence-corrected chi connectivity index (χ0v) is 13.1. The van der Waals surface area contributed by atoms with Gasteiger partial charge in [0, 0.05) is 5.56 Å². The van der Waals surface area contributed by atoms with Crippen molar-refractivity contribution in [1.29, 1.82) is 0 Å². The Kier molecular flexibility index (Phi) is 3.43. The van der Waals surface area contributed by atoms with Crippen LogP contribution in [0.1, 0.15) is 10.4 Å². The number of anilines is 2. The number of carbonyl (C=O) groups is 1. The molecule has 0 atom stereocenters. The van der Waals surface area contributed by atoms with Crippen LogP contribution in [0.15, 0.2) is 66.7 Å². The fraction of sp³-hybridized carbons (Fsp3) is 0.0500. The van der Waals surface area contributed by atoms with Crippen LogP contribution in [0.4, 0.5) is 11.4 Å². The number of para-hydroxylation sites is 3. The van der Waals surface area contributed by atoms with E-state index in [1.165, 1.54) is 7.11 Å². The van der Waals surface area contributed by atoms with Gasteiger partial charge in [-0.25, -0.2) is 4.79 Å². The van der Waals surface area contributed by atoms with Crippen molar-refractivity contribution in [2.45, 2.75) is 0 Å². The lowest BCUT2D eigenvalue weighted by Crippen LogP contribution is -2.04. The smallest absolute Gasteiger partial charge is 0.337 e. The van der Waals surface area contributed by atoms with Gasteiger partial charge in [0.15, 0.2) is 11.5 Å². The molecule has 0 saturated heterocycles. The molecule has 4 nitrogen and oxygen atoms in total. The van der Waals surface area contributed by atoms with Crippen molar-refractivity contribution in [3.05, 3.63) is 72.3 Å².